The molecule has 0 amide bonds. The van der Waals surface area contributed by atoms with Gasteiger partial charge in [-0.05, 0) is 13.0 Å². The first-order valence-electron chi connectivity index (χ1n) is 2.18. The number of carbonyl (C=O) groups excluding carboxylic acids is 1. The topological polar surface area (TPSA) is 40.1 Å². The third kappa shape index (κ3) is 3.15. The van der Waals surface area contributed by atoms with E-state index in [0.717, 1.165) is 12.2 Å². The molecule has 2 nitrogen and oxygen atoms in total. The Kier molecular flexibility index (Phi) is 2.62. The minimum absolute atomic E-state index is 0.241. The SMILES string of the molecule is C=C/C([O-])=C\C(C)=O. The number of ketones is 1. The molecule has 0 aliphatic heterocycles. The van der Waals surface area contributed by atoms with Gasteiger partial charge in [0.25, 0.3) is 0 Å². The average molecular weight is 111 g/mol. The van der Waals surface area contributed by atoms with Gasteiger partial charge in [-0.3, -0.25) is 4.79 Å². The van der Waals surface area contributed by atoms with Crippen LogP contribution in [0.3, 0.4) is 0 Å². The van der Waals surface area contributed by atoms with Crippen LogP contribution in [0.2, 0.25) is 0 Å². The average Bonchev–Trinajstić information content (AvgIpc) is 1.65. The van der Waals surface area contributed by atoms with Crippen LogP contribution in [0.1, 0.15) is 6.92 Å². The molecule has 0 aromatic carbocycles. The molecule has 0 saturated carbocycles. The molecule has 0 heterocycles. The molecular weight excluding hydrogens is 104 g/mol. The fourth-order valence-electron chi connectivity index (χ4n) is 0.259. The second-order valence-corrected chi connectivity index (χ2v) is 1.36. The summed E-state index contributed by atoms with van der Waals surface area (Å²) in [7, 11) is 0. The van der Waals surface area contributed by atoms with E-state index in [-0.39, 0.29) is 11.5 Å². The maximum atomic E-state index is 10.2. The van der Waals surface area contributed by atoms with Crippen LogP contribution < -0.4 is 5.11 Å². The Morgan fingerprint density at radius 3 is 2.38 bits per heavy atom. The molecule has 0 aliphatic rings. The summed E-state index contributed by atoms with van der Waals surface area (Å²) in [5, 5.41) is 10.2. The van der Waals surface area contributed by atoms with Gasteiger partial charge in [0.05, 0.1) is 0 Å². The molecule has 0 radical (unpaired) electrons. The highest BCUT2D eigenvalue weighted by Crippen LogP contribution is 1.82. The Hall–Kier alpha value is -1.05. The van der Waals surface area contributed by atoms with Gasteiger partial charge in [0.1, 0.15) is 0 Å². The third-order valence-corrected chi connectivity index (χ3v) is 0.547. The Balaban J connectivity index is 3.94. The van der Waals surface area contributed by atoms with Crippen molar-refractivity contribution >= 4 is 5.78 Å². The second-order valence-electron chi connectivity index (χ2n) is 1.36. The lowest BCUT2D eigenvalue weighted by molar-refractivity contribution is -0.294. The van der Waals surface area contributed by atoms with Crippen molar-refractivity contribution < 1.29 is 9.90 Å². The molecule has 0 bridgehead atoms. The van der Waals surface area contributed by atoms with Gasteiger partial charge in [-0.1, -0.05) is 12.7 Å². The Bertz CT molecular complexity index is 133. The molecule has 2 heteroatoms. The summed E-state index contributed by atoms with van der Waals surface area (Å²) < 4.78 is 0. The molecule has 8 heavy (non-hydrogen) atoms. The first-order valence-corrected chi connectivity index (χ1v) is 2.18. The molecule has 0 spiro atoms. The van der Waals surface area contributed by atoms with E-state index >= 15 is 0 Å². The maximum Gasteiger partial charge on any atom is 0.152 e. The van der Waals surface area contributed by atoms with E-state index < -0.39 is 0 Å². The standard InChI is InChI=1S/C6H8O2/c1-3-6(8)4-5(2)7/h3-4,8H,1H2,2H3/p-1/b6-4+. The molecule has 0 atom stereocenters. The van der Waals surface area contributed by atoms with Gasteiger partial charge in [-0.15, -0.1) is 5.76 Å². The van der Waals surface area contributed by atoms with E-state index in [2.05, 4.69) is 6.58 Å². The summed E-state index contributed by atoms with van der Waals surface area (Å²) in [4.78, 5) is 10.1. The summed E-state index contributed by atoms with van der Waals surface area (Å²) >= 11 is 0. The summed E-state index contributed by atoms with van der Waals surface area (Å²) in [5.74, 6) is -0.576. The highest BCUT2D eigenvalue weighted by atomic mass is 16.3. The van der Waals surface area contributed by atoms with E-state index in [1.165, 1.54) is 6.92 Å². The minimum Gasteiger partial charge on any atom is -0.872 e. The van der Waals surface area contributed by atoms with Crippen molar-refractivity contribution in [3.8, 4) is 0 Å². The number of hydrogen-bond acceptors (Lipinski definition) is 2. The second kappa shape index (κ2) is 3.02. The zero-order valence-corrected chi connectivity index (χ0v) is 4.68. The van der Waals surface area contributed by atoms with Crippen LogP contribution in [0.4, 0.5) is 0 Å². The summed E-state index contributed by atoms with van der Waals surface area (Å²) in [6, 6.07) is 0. The van der Waals surface area contributed by atoms with Gasteiger partial charge in [-0.25, -0.2) is 0 Å². The monoisotopic (exact) mass is 111 g/mol. The first kappa shape index (κ1) is 6.95. The van der Waals surface area contributed by atoms with Gasteiger partial charge >= 0.3 is 0 Å². The normalized spacial score (nSPS) is 10.9. The van der Waals surface area contributed by atoms with E-state index in [1.807, 2.05) is 0 Å². The van der Waals surface area contributed by atoms with Crippen molar-refractivity contribution in [2.24, 2.45) is 0 Å². The molecule has 0 unspecified atom stereocenters. The molecule has 0 saturated heterocycles. The van der Waals surface area contributed by atoms with Crippen LogP contribution in [0, 0.1) is 0 Å². The quantitative estimate of drug-likeness (QED) is 0.286. The molecule has 0 aromatic heterocycles. The predicted octanol–water partition coefficient (Wildman–Crippen LogP) is 0.00560. The van der Waals surface area contributed by atoms with Crippen LogP contribution in [0.25, 0.3) is 0 Å². The summed E-state index contributed by atoms with van der Waals surface area (Å²) in [6.45, 7) is 4.50. The van der Waals surface area contributed by atoms with Gasteiger partial charge in [0, 0.05) is 0 Å². The minimum atomic E-state index is -0.336. The number of hydrogen-bond donors (Lipinski definition) is 0. The molecule has 0 N–H and O–H groups in total. The van der Waals surface area contributed by atoms with Crippen molar-refractivity contribution in [2.45, 2.75) is 6.92 Å². The maximum absolute atomic E-state index is 10.2. The highest BCUT2D eigenvalue weighted by molar-refractivity contribution is 5.87. The molecular formula is C6H7O2-. The Morgan fingerprint density at radius 2 is 2.25 bits per heavy atom. The number of allylic oxidation sites excluding steroid dienone is 2. The van der Waals surface area contributed by atoms with Crippen molar-refractivity contribution in [1.82, 2.24) is 0 Å². The van der Waals surface area contributed by atoms with Crippen LogP contribution in [0.5, 0.6) is 0 Å². The predicted molar refractivity (Wildman–Crippen MR) is 29.0 cm³/mol. The number of carbonyl (C=O) groups is 1. The van der Waals surface area contributed by atoms with E-state index in [9.17, 15) is 9.90 Å². The zero-order valence-electron chi connectivity index (χ0n) is 4.68. The van der Waals surface area contributed by atoms with Gasteiger partial charge in [0.15, 0.2) is 5.78 Å². The fourth-order valence-corrected chi connectivity index (χ4v) is 0.259. The molecule has 0 fully saturated rings. The number of rotatable bonds is 2. The Labute approximate surface area is 48.1 Å². The summed E-state index contributed by atoms with van der Waals surface area (Å²) in [5.41, 5.74) is 0. The molecule has 0 rings (SSSR count). The van der Waals surface area contributed by atoms with E-state index in [4.69, 9.17) is 0 Å². The van der Waals surface area contributed by atoms with Crippen molar-refractivity contribution in [2.75, 3.05) is 0 Å². The highest BCUT2D eigenvalue weighted by Gasteiger charge is 1.78. The van der Waals surface area contributed by atoms with Gasteiger partial charge < -0.3 is 5.11 Å². The molecule has 0 aromatic rings. The smallest absolute Gasteiger partial charge is 0.152 e. The van der Waals surface area contributed by atoms with Crippen molar-refractivity contribution in [3.05, 3.63) is 24.5 Å². The largest absolute Gasteiger partial charge is 0.872 e. The van der Waals surface area contributed by atoms with Gasteiger partial charge in [0.2, 0.25) is 0 Å². The zero-order chi connectivity index (χ0) is 6.57. The van der Waals surface area contributed by atoms with Crippen LogP contribution >= 0.6 is 0 Å². The van der Waals surface area contributed by atoms with Crippen LogP contribution in [-0.2, 0) is 4.79 Å². The van der Waals surface area contributed by atoms with Crippen LogP contribution in [0.15, 0.2) is 24.5 Å². The lowest BCUT2D eigenvalue weighted by atomic mass is 10.3. The fraction of sp³-hybridized carbons (Fsp3) is 0.167. The first-order chi connectivity index (χ1) is 3.66. The molecule has 0 aliphatic carbocycles. The van der Waals surface area contributed by atoms with Gasteiger partial charge in [-0.2, -0.15) is 0 Å². The molecule has 44 valence electrons. The summed E-state index contributed by atoms with van der Waals surface area (Å²) in [6.07, 6.45) is 2.09. The lowest BCUT2D eigenvalue weighted by Crippen LogP contribution is -2.01. The van der Waals surface area contributed by atoms with E-state index in [1.54, 1.807) is 0 Å². The lowest BCUT2D eigenvalue weighted by Gasteiger charge is -2.00. The van der Waals surface area contributed by atoms with Crippen molar-refractivity contribution in [3.63, 3.8) is 0 Å². The third-order valence-electron chi connectivity index (χ3n) is 0.547. The Morgan fingerprint density at radius 1 is 1.75 bits per heavy atom. The van der Waals surface area contributed by atoms with E-state index in [0.29, 0.717) is 0 Å². The van der Waals surface area contributed by atoms with Crippen LogP contribution in [-0.4, -0.2) is 5.78 Å². The van der Waals surface area contributed by atoms with Crippen molar-refractivity contribution in [1.29, 1.82) is 0 Å².